The maximum absolute atomic E-state index is 13.2. The molecule has 1 fully saturated rings. The number of anilines is 1. The summed E-state index contributed by atoms with van der Waals surface area (Å²) < 4.78 is 3.21. The third kappa shape index (κ3) is 4.99. The molecule has 8 heteroatoms. The van der Waals surface area contributed by atoms with Crippen LogP contribution in [-0.2, 0) is 22.6 Å². The quantitative estimate of drug-likeness (QED) is 0.216. The molecule has 1 saturated heterocycles. The van der Waals surface area contributed by atoms with Gasteiger partial charge in [0.05, 0.1) is 0 Å². The van der Waals surface area contributed by atoms with Crippen LogP contribution in [0, 0.1) is 6.92 Å². The van der Waals surface area contributed by atoms with Crippen molar-refractivity contribution in [3.8, 4) is 0 Å². The highest BCUT2D eigenvalue weighted by Crippen LogP contribution is 2.30. The molecule has 0 radical (unpaired) electrons. The molecule has 0 saturated carbocycles. The van der Waals surface area contributed by atoms with Crippen LogP contribution in [0.4, 0.5) is 10.5 Å². The van der Waals surface area contributed by atoms with Crippen LogP contribution in [0.2, 0.25) is 0 Å². The van der Waals surface area contributed by atoms with Crippen molar-refractivity contribution in [1.29, 1.82) is 0 Å². The zero-order chi connectivity index (χ0) is 26.8. The molecule has 2 N–H and O–H groups in total. The Balaban J connectivity index is 1.41. The van der Waals surface area contributed by atoms with Gasteiger partial charge in [-0.1, -0.05) is 71.4 Å². The third-order valence-corrected chi connectivity index (χ3v) is 7.29. The first-order valence-corrected chi connectivity index (χ1v) is 13.2. The van der Waals surface area contributed by atoms with E-state index in [4.69, 9.17) is 0 Å². The normalized spacial score (nSPS) is 14.4. The molecule has 38 heavy (non-hydrogen) atoms. The van der Waals surface area contributed by atoms with Gasteiger partial charge in [0.1, 0.15) is 12.2 Å². The number of nitrogens with zero attached hydrogens (tertiary/aromatic N) is 2. The van der Waals surface area contributed by atoms with E-state index >= 15 is 0 Å². The van der Waals surface area contributed by atoms with Gasteiger partial charge in [-0.3, -0.25) is 9.59 Å². The number of rotatable bonds is 7. The van der Waals surface area contributed by atoms with Gasteiger partial charge in [-0.15, -0.1) is 0 Å². The van der Waals surface area contributed by atoms with Gasteiger partial charge in [0.15, 0.2) is 0 Å². The second kappa shape index (κ2) is 10.7. The number of amides is 4. The fourth-order valence-electron chi connectivity index (χ4n) is 4.76. The Hall–Kier alpha value is -4.17. The molecule has 0 unspecified atom stereocenters. The van der Waals surface area contributed by atoms with Crippen molar-refractivity contribution in [2.45, 2.75) is 26.8 Å². The molecule has 192 valence electrons. The Labute approximate surface area is 229 Å². The van der Waals surface area contributed by atoms with Crippen molar-refractivity contribution in [3.05, 3.63) is 105 Å². The largest absolute Gasteiger partial charge is 0.340 e. The zero-order valence-electron chi connectivity index (χ0n) is 21.1. The summed E-state index contributed by atoms with van der Waals surface area (Å²) in [5.74, 6) is -0.962. The molecule has 0 spiro atoms. The Morgan fingerprint density at radius 2 is 1.71 bits per heavy atom. The van der Waals surface area contributed by atoms with Crippen LogP contribution in [-0.4, -0.2) is 33.9 Å². The van der Waals surface area contributed by atoms with Gasteiger partial charge >= 0.3 is 6.03 Å². The Bertz CT molecular complexity index is 1590. The topological polar surface area (TPSA) is 83.4 Å². The average Bonchev–Trinajstić information content (AvgIpc) is 3.33. The van der Waals surface area contributed by atoms with Crippen LogP contribution < -0.4 is 10.6 Å². The minimum atomic E-state index is -0.614. The van der Waals surface area contributed by atoms with Gasteiger partial charge in [0.25, 0.3) is 5.91 Å². The second-order valence-electron chi connectivity index (χ2n) is 9.17. The van der Waals surface area contributed by atoms with E-state index < -0.39 is 17.8 Å². The van der Waals surface area contributed by atoms with Gasteiger partial charge in [-0.05, 0) is 54.8 Å². The molecule has 4 aromatic rings. The number of urea groups is 1. The van der Waals surface area contributed by atoms with E-state index in [0.717, 1.165) is 49.1 Å². The number of nitrogens with one attached hydrogen (secondary N) is 2. The summed E-state index contributed by atoms with van der Waals surface area (Å²) in [5, 5.41) is 6.45. The number of fused-ring (bicyclic) bond motifs is 1. The lowest BCUT2D eigenvalue weighted by Gasteiger charge is -2.13. The molecule has 0 aliphatic carbocycles. The van der Waals surface area contributed by atoms with E-state index in [9.17, 15) is 14.4 Å². The summed E-state index contributed by atoms with van der Waals surface area (Å²) in [6.07, 6.45) is 2.46. The highest BCUT2D eigenvalue weighted by molar-refractivity contribution is 9.10. The average molecular weight is 571 g/mol. The Morgan fingerprint density at radius 1 is 1.00 bits per heavy atom. The molecule has 2 heterocycles. The monoisotopic (exact) mass is 570 g/mol. The second-order valence-corrected chi connectivity index (χ2v) is 10.1. The van der Waals surface area contributed by atoms with E-state index in [2.05, 4.69) is 43.3 Å². The maximum atomic E-state index is 13.2. The highest BCUT2D eigenvalue weighted by Gasteiger charge is 2.35. The molecular weight excluding hydrogens is 544 g/mol. The van der Waals surface area contributed by atoms with E-state index in [-0.39, 0.29) is 12.2 Å². The summed E-state index contributed by atoms with van der Waals surface area (Å²) in [6.45, 7) is 4.29. The Kier molecular flexibility index (Phi) is 7.15. The molecule has 1 aliphatic heterocycles. The van der Waals surface area contributed by atoms with Crippen LogP contribution in [0.15, 0.2) is 83.0 Å². The minimum Gasteiger partial charge on any atom is -0.340 e. The zero-order valence-corrected chi connectivity index (χ0v) is 22.7. The number of carbonyl (C=O) groups is 3. The number of imide groups is 1. The number of carbonyl (C=O) groups excluding carboxylic acids is 3. The molecule has 4 amide bonds. The van der Waals surface area contributed by atoms with Gasteiger partial charge in [-0.25, -0.2) is 9.69 Å². The van der Waals surface area contributed by atoms with Crippen molar-refractivity contribution in [3.63, 3.8) is 0 Å². The lowest BCUT2D eigenvalue weighted by atomic mass is 10.1. The fourth-order valence-corrected chi connectivity index (χ4v) is 5.02. The molecule has 1 aromatic heterocycles. The minimum absolute atomic E-state index is 0.145. The number of aryl methyl sites for hydroxylation is 1. The van der Waals surface area contributed by atoms with Crippen LogP contribution >= 0.6 is 15.9 Å². The van der Waals surface area contributed by atoms with Crippen molar-refractivity contribution < 1.29 is 14.4 Å². The fraction of sp³-hybridized carbons (Fsp3) is 0.167. The lowest BCUT2D eigenvalue weighted by Crippen LogP contribution is -2.38. The number of hydrogen-bond acceptors (Lipinski definition) is 3. The first kappa shape index (κ1) is 25.5. The highest BCUT2D eigenvalue weighted by atomic mass is 79.9. The molecule has 1 aliphatic rings. The third-order valence-electron chi connectivity index (χ3n) is 6.76. The number of para-hydroxylation sites is 2. The summed E-state index contributed by atoms with van der Waals surface area (Å²) in [5.41, 5.74) is 5.79. The lowest BCUT2D eigenvalue weighted by molar-refractivity contribution is -0.127. The van der Waals surface area contributed by atoms with Crippen molar-refractivity contribution in [2.24, 2.45) is 0 Å². The maximum Gasteiger partial charge on any atom is 0.329 e. The molecule has 3 aromatic carbocycles. The van der Waals surface area contributed by atoms with Gasteiger partial charge < -0.3 is 15.2 Å². The smallest absolute Gasteiger partial charge is 0.329 e. The van der Waals surface area contributed by atoms with Crippen LogP contribution in [0.1, 0.15) is 29.3 Å². The molecule has 7 nitrogen and oxygen atoms in total. The number of benzene rings is 3. The molecule has 0 atom stereocenters. The van der Waals surface area contributed by atoms with Gasteiger partial charge in [-0.2, -0.15) is 0 Å². The molecular formula is C30H27BrN4O3. The number of aromatic nitrogens is 1. The summed E-state index contributed by atoms with van der Waals surface area (Å²) >= 11 is 3.48. The summed E-state index contributed by atoms with van der Waals surface area (Å²) in [7, 11) is 0. The Morgan fingerprint density at radius 3 is 2.47 bits per heavy atom. The number of halogens is 1. The van der Waals surface area contributed by atoms with E-state index in [1.807, 2.05) is 68.4 Å². The molecule has 0 bridgehead atoms. The van der Waals surface area contributed by atoms with Crippen molar-refractivity contribution in [2.75, 3.05) is 11.9 Å². The summed E-state index contributed by atoms with van der Waals surface area (Å²) in [4.78, 5) is 39.5. The van der Waals surface area contributed by atoms with E-state index in [1.165, 1.54) is 0 Å². The van der Waals surface area contributed by atoms with Gasteiger partial charge in [0.2, 0.25) is 5.91 Å². The standard InChI is InChI=1S/C30H27BrN4O3/c1-3-21-8-4-6-10-25(21)32-28(36)18-35-29(37)26(33-30(35)38)16-24-19(2)34(27-11-7-5-9-23(24)27)17-20-12-14-22(31)15-13-20/h4-16H,3,17-18H2,1-2H3,(H,32,36)(H,33,38)/b26-16+. The van der Waals surface area contributed by atoms with Crippen molar-refractivity contribution in [1.82, 2.24) is 14.8 Å². The predicted molar refractivity (Wildman–Crippen MR) is 153 cm³/mol. The first-order valence-electron chi connectivity index (χ1n) is 12.4. The predicted octanol–water partition coefficient (Wildman–Crippen LogP) is 5.85. The molecule has 5 rings (SSSR count). The van der Waals surface area contributed by atoms with Crippen molar-refractivity contribution >= 4 is 56.4 Å². The van der Waals surface area contributed by atoms with Gasteiger partial charge in [0, 0.05) is 38.9 Å². The first-order chi connectivity index (χ1) is 18.4. The SMILES string of the molecule is CCc1ccccc1NC(=O)CN1C(=O)N/C(=C/c2c(C)n(Cc3ccc(Br)cc3)c3ccccc23)C1=O. The van der Waals surface area contributed by atoms with E-state index in [1.54, 1.807) is 12.1 Å². The van der Waals surface area contributed by atoms with Crippen LogP contribution in [0.25, 0.3) is 17.0 Å². The van der Waals surface area contributed by atoms with Crippen LogP contribution in [0.3, 0.4) is 0 Å². The van der Waals surface area contributed by atoms with E-state index in [0.29, 0.717) is 12.2 Å². The van der Waals surface area contributed by atoms with Crippen LogP contribution in [0.5, 0.6) is 0 Å². The summed E-state index contributed by atoms with van der Waals surface area (Å²) in [6, 6.07) is 23.0. The number of hydrogen-bond donors (Lipinski definition) is 2.